The van der Waals surface area contributed by atoms with Crippen molar-refractivity contribution in [3.05, 3.63) is 11.7 Å². The number of piperidine rings is 2. The highest BCUT2D eigenvalue weighted by atomic mass is 19.3. The maximum atomic E-state index is 15.1. The number of amides is 1. The van der Waals surface area contributed by atoms with Gasteiger partial charge in [0, 0.05) is 50.5 Å². The molecule has 0 spiro atoms. The molecule has 2 saturated heterocycles. The van der Waals surface area contributed by atoms with Crippen LogP contribution in [0.2, 0.25) is 0 Å². The lowest BCUT2D eigenvalue weighted by atomic mass is 9.78. The molecule has 4 fully saturated rings. The van der Waals surface area contributed by atoms with E-state index < -0.39 is 24.1 Å². The van der Waals surface area contributed by atoms with Crippen molar-refractivity contribution in [3.8, 4) is 0 Å². The van der Waals surface area contributed by atoms with Gasteiger partial charge in [0.1, 0.15) is 6.17 Å². The molecule has 2 aliphatic heterocycles. The highest BCUT2D eigenvalue weighted by Gasteiger charge is 2.50. The Kier molecular flexibility index (Phi) is 7.62. The van der Waals surface area contributed by atoms with Gasteiger partial charge in [-0.15, -0.1) is 0 Å². The zero-order valence-electron chi connectivity index (χ0n) is 22.3. The second-order valence-electron chi connectivity index (χ2n) is 12.2. The Bertz CT molecular complexity index is 941. The van der Waals surface area contributed by atoms with Crippen LogP contribution >= 0.6 is 0 Å². The van der Waals surface area contributed by atoms with E-state index in [-0.39, 0.29) is 36.2 Å². The normalized spacial score (nSPS) is 32.6. The lowest BCUT2D eigenvalue weighted by Gasteiger charge is -2.43. The van der Waals surface area contributed by atoms with Crippen LogP contribution in [0.3, 0.4) is 0 Å². The van der Waals surface area contributed by atoms with E-state index in [0.29, 0.717) is 63.0 Å². The topological polar surface area (TPSA) is 71.7 Å². The van der Waals surface area contributed by atoms with Crippen LogP contribution < -0.4 is 0 Å². The van der Waals surface area contributed by atoms with E-state index in [1.165, 1.54) is 0 Å². The van der Waals surface area contributed by atoms with Crippen molar-refractivity contribution in [3.63, 3.8) is 0 Å². The summed E-state index contributed by atoms with van der Waals surface area (Å²) in [5, 5.41) is 4.09. The van der Waals surface area contributed by atoms with Gasteiger partial charge < -0.3 is 19.1 Å². The molecule has 1 aromatic rings. The lowest BCUT2D eigenvalue weighted by Crippen LogP contribution is -2.50. The fourth-order valence-electron chi connectivity index (χ4n) is 6.26. The first-order valence-corrected chi connectivity index (χ1v) is 14.1. The van der Waals surface area contributed by atoms with Gasteiger partial charge >= 0.3 is 0 Å². The summed E-state index contributed by atoms with van der Waals surface area (Å²) in [7, 11) is 0. The zero-order chi connectivity index (χ0) is 26.4. The maximum absolute atomic E-state index is 15.1. The number of ether oxygens (including phenoxy) is 1. The van der Waals surface area contributed by atoms with E-state index in [9.17, 15) is 9.18 Å². The molecular formula is C27H41F3N4O3. The van der Waals surface area contributed by atoms with Crippen LogP contribution in [0, 0.1) is 5.92 Å². The number of alkyl halides is 3. The molecule has 0 bridgehead atoms. The van der Waals surface area contributed by atoms with Gasteiger partial charge in [-0.1, -0.05) is 12.1 Å². The van der Waals surface area contributed by atoms with Crippen LogP contribution in [0.4, 0.5) is 13.2 Å². The summed E-state index contributed by atoms with van der Waals surface area (Å²) in [5.74, 6) is -3.62. The third kappa shape index (κ3) is 5.84. The van der Waals surface area contributed by atoms with Crippen LogP contribution in [-0.4, -0.2) is 82.4 Å². The van der Waals surface area contributed by atoms with Crippen molar-refractivity contribution in [1.82, 2.24) is 19.9 Å². The van der Waals surface area contributed by atoms with Gasteiger partial charge in [0.15, 0.2) is 5.82 Å². The van der Waals surface area contributed by atoms with E-state index in [4.69, 9.17) is 9.26 Å². The number of hydrogen-bond acceptors (Lipinski definition) is 6. The average molecular weight is 527 g/mol. The highest BCUT2D eigenvalue weighted by Crippen LogP contribution is 2.45. The molecule has 0 aromatic carbocycles. The molecule has 3 heterocycles. The van der Waals surface area contributed by atoms with Crippen molar-refractivity contribution in [1.29, 1.82) is 0 Å². The number of likely N-dealkylation sites (tertiary alicyclic amines) is 2. The number of carbonyl (C=O) groups excluding carboxylic acids is 1. The lowest BCUT2D eigenvalue weighted by molar-refractivity contribution is -0.179. The SMILES string of the molecule is CC(C)N1CCC(O[C@H]2CCCC(F)(F)[C@@H]2CC(=O)N2CCC(C)(c3noc([C@@H]4C[C@@H]4F)n3)CC2)CC1. The van der Waals surface area contributed by atoms with E-state index in [1.54, 1.807) is 4.90 Å². The van der Waals surface area contributed by atoms with Crippen LogP contribution in [0.25, 0.3) is 0 Å². The Balaban J connectivity index is 1.17. The molecule has 4 atom stereocenters. The minimum atomic E-state index is -2.90. The first-order valence-electron chi connectivity index (χ1n) is 14.1. The Morgan fingerprint density at radius 1 is 1.14 bits per heavy atom. The smallest absolute Gasteiger partial charge is 0.253 e. The van der Waals surface area contributed by atoms with Crippen LogP contribution in [0.15, 0.2) is 4.52 Å². The molecule has 0 unspecified atom stereocenters. The minimum Gasteiger partial charge on any atom is -0.374 e. The molecule has 4 aliphatic rings. The third-order valence-electron chi connectivity index (χ3n) is 9.19. The van der Waals surface area contributed by atoms with Gasteiger partial charge in [0.25, 0.3) is 5.92 Å². The summed E-state index contributed by atoms with van der Waals surface area (Å²) in [6, 6.07) is 0.472. The van der Waals surface area contributed by atoms with Gasteiger partial charge in [-0.05, 0) is 58.8 Å². The average Bonchev–Trinajstić information content (AvgIpc) is 3.37. The van der Waals surface area contributed by atoms with Gasteiger partial charge in [-0.3, -0.25) is 4.79 Å². The number of nitrogens with zero attached hydrogens (tertiary/aromatic N) is 4. The molecule has 7 nitrogen and oxygen atoms in total. The minimum absolute atomic E-state index is 0.0228. The molecule has 0 N–H and O–H groups in total. The number of aromatic nitrogens is 2. The van der Waals surface area contributed by atoms with Crippen LogP contribution in [-0.2, 0) is 14.9 Å². The summed E-state index contributed by atoms with van der Waals surface area (Å²) in [4.78, 5) is 21.8. The van der Waals surface area contributed by atoms with Gasteiger partial charge in [0.05, 0.1) is 24.0 Å². The highest BCUT2D eigenvalue weighted by molar-refractivity contribution is 5.76. The molecule has 1 amide bonds. The largest absolute Gasteiger partial charge is 0.374 e. The first kappa shape index (κ1) is 26.9. The number of rotatable bonds is 7. The molecule has 10 heteroatoms. The van der Waals surface area contributed by atoms with Gasteiger partial charge in [0.2, 0.25) is 11.8 Å². The van der Waals surface area contributed by atoms with Crippen molar-refractivity contribution in [2.75, 3.05) is 26.2 Å². The van der Waals surface area contributed by atoms with Crippen molar-refractivity contribution in [2.45, 2.75) is 120 Å². The number of halogens is 3. The Morgan fingerprint density at radius 3 is 2.43 bits per heavy atom. The number of carbonyl (C=O) groups is 1. The summed E-state index contributed by atoms with van der Waals surface area (Å²) < 4.78 is 55.1. The fraction of sp³-hybridized carbons (Fsp3) is 0.889. The van der Waals surface area contributed by atoms with Gasteiger partial charge in [-0.2, -0.15) is 4.98 Å². The first-order chi connectivity index (χ1) is 17.6. The van der Waals surface area contributed by atoms with Crippen molar-refractivity contribution in [2.24, 2.45) is 5.92 Å². The summed E-state index contributed by atoms with van der Waals surface area (Å²) >= 11 is 0. The maximum Gasteiger partial charge on any atom is 0.253 e. The van der Waals surface area contributed by atoms with Crippen molar-refractivity contribution < 1.29 is 27.2 Å². The number of hydrogen-bond donors (Lipinski definition) is 0. The monoisotopic (exact) mass is 526 g/mol. The summed E-state index contributed by atoms with van der Waals surface area (Å²) in [5.41, 5.74) is -0.384. The predicted octanol–water partition coefficient (Wildman–Crippen LogP) is 4.86. The molecule has 2 saturated carbocycles. The second-order valence-corrected chi connectivity index (χ2v) is 12.2. The van der Waals surface area contributed by atoms with Crippen LogP contribution in [0.5, 0.6) is 0 Å². The molecule has 37 heavy (non-hydrogen) atoms. The third-order valence-corrected chi connectivity index (χ3v) is 9.19. The summed E-state index contributed by atoms with van der Waals surface area (Å²) in [6.07, 6.45) is 2.44. The molecule has 208 valence electrons. The van der Waals surface area contributed by atoms with E-state index in [1.807, 2.05) is 6.92 Å². The zero-order valence-corrected chi connectivity index (χ0v) is 22.3. The van der Waals surface area contributed by atoms with Crippen molar-refractivity contribution >= 4 is 5.91 Å². The molecule has 2 aliphatic carbocycles. The second kappa shape index (κ2) is 10.5. The summed E-state index contributed by atoms with van der Waals surface area (Å²) in [6.45, 7) is 9.09. The van der Waals surface area contributed by atoms with E-state index in [2.05, 4.69) is 28.9 Å². The Hall–Kier alpha value is -1.68. The molecular weight excluding hydrogens is 485 g/mol. The van der Waals surface area contributed by atoms with E-state index in [0.717, 1.165) is 25.9 Å². The standard InChI is InChI=1S/C27H41F3N4O3/c1-17(2)33-11-6-18(7-12-33)36-22-5-4-8-27(29,30)20(22)16-23(35)34-13-9-26(3,10-14-34)25-31-24(37-32-25)19-15-21(19)28/h17-22H,4-16H2,1-3H3/t19-,20-,21+,22+/m1/s1. The Morgan fingerprint density at radius 2 is 1.81 bits per heavy atom. The fourth-order valence-corrected chi connectivity index (χ4v) is 6.26. The van der Waals surface area contributed by atoms with Gasteiger partial charge in [-0.25, -0.2) is 13.2 Å². The molecule has 1 aromatic heterocycles. The van der Waals surface area contributed by atoms with Crippen LogP contribution in [0.1, 0.15) is 96.2 Å². The molecule has 0 radical (unpaired) electrons. The van der Waals surface area contributed by atoms with E-state index >= 15 is 8.78 Å². The Labute approximate surface area is 217 Å². The molecule has 5 rings (SSSR count). The predicted molar refractivity (Wildman–Crippen MR) is 131 cm³/mol. The quantitative estimate of drug-likeness (QED) is 0.506.